The predicted octanol–water partition coefficient (Wildman–Crippen LogP) is 0.814. The first-order valence-electron chi connectivity index (χ1n) is 5.08. The van der Waals surface area contributed by atoms with Gasteiger partial charge in [-0.3, -0.25) is 4.79 Å². The fraction of sp³-hybridized carbons (Fsp3) is 0.417. The van der Waals surface area contributed by atoms with Crippen molar-refractivity contribution >= 4 is 5.78 Å². The van der Waals surface area contributed by atoms with Crippen LogP contribution in [0, 0.1) is 13.8 Å². The number of rotatable bonds is 4. The minimum atomic E-state index is -1.13. The molecule has 4 nitrogen and oxygen atoms in total. The first-order valence-corrected chi connectivity index (χ1v) is 5.08. The van der Waals surface area contributed by atoms with E-state index in [1.807, 2.05) is 6.92 Å². The SMILES string of the molecule is COc1cc(C)c(C(=O)C(O)CN)cc1C. The Morgan fingerprint density at radius 1 is 1.44 bits per heavy atom. The summed E-state index contributed by atoms with van der Waals surface area (Å²) in [4.78, 5) is 11.8. The van der Waals surface area contributed by atoms with Gasteiger partial charge in [0.1, 0.15) is 11.9 Å². The number of nitrogens with two attached hydrogens (primary N) is 1. The Kier molecular flexibility index (Phi) is 4.04. The number of aliphatic hydroxyl groups excluding tert-OH is 1. The Labute approximate surface area is 95.0 Å². The second kappa shape index (κ2) is 5.09. The van der Waals surface area contributed by atoms with Crippen molar-refractivity contribution < 1.29 is 14.6 Å². The van der Waals surface area contributed by atoms with Crippen molar-refractivity contribution in [3.05, 3.63) is 28.8 Å². The van der Waals surface area contributed by atoms with Gasteiger partial charge in [0, 0.05) is 12.1 Å². The van der Waals surface area contributed by atoms with Crippen LogP contribution in [-0.4, -0.2) is 30.6 Å². The number of benzene rings is 1. The van der Waals surface area contributed by atoms with Gasteiger partial charge in [-0.1, -0.05) is 0 Å². The summed E-state index contributed by atoms with van der Waals surface area (Å²) in [5.41, 5.74) is 7.39. The summed E-state index contributed by atoms with van der Waals surface area (Å²) in [5, 5.41) is 9.42. The van der Waals surface area contributed by atoms with Crippen LogP contribution in [0.3, 0.4) is 0 Å². The molecule has 0 aliphatic rings. The van der Waals surface area contributed by atoms with Gasteiger partial charge in [-0.05, 0) is 37.1 Å². The van der Waals surface area contributed by atoms with Crippen LogP contribution >= 0.6 is 0 Å². The van der Waals surface area contributed by atoms with Crippen LogP contribution in [0.1, 0.15) is 21.5 Å². The topological polar surface area (TPSA) is 72.5 Å². The van der Waals surface area contributed by atoms with Gasteiger partial charge in [0.05, 0.1) is 7.11 Å². The lowest BCUT2D eigenvalue weighted by molar-refractivity contribution is 0.0762. The third-order valence-electron chi connectivity index (χ3n) is 2.53. The highest BCUT2D eigenvalue weighted by Crippen LogP contribution is 2.23. The molecule has 0 amide bonds. The molecule has 0 aliphatic heterocycles. The highest BCUT2D eigenvalue weighted by atomic mass is 16.5. The van der Waals surface area contributed by atoms with Crippen LogP contribution in [0.2, 0.25) is 0 Å². The van der Waals surface area contributed by atoms with E-state index in [0.29, 0.717) is 5.56 Å². The molecular weight excluding hydrogens is 206 g/mol. The third-order valence-corrected chi connectivity index (χ3v) is 2.53. The first kappa shape index (κ1) is 12.7. The number of carbonyl (C=O) groups excluding carboxylic acids is 1. The zero-order valence-corrected chi connectivity index (χ0v) is 9.78. The van der Waals surface area contributed by atoms with E-state index in [2.05, 4.69) is 0 Å². The monoisotopic (exact) mass is 223 g/mol. The summed E-state index contributed by atoms with van der Waals surface area (Å²) in [6.07, 6.45) is -1.13. The average molecular weight is 223 g/mol. The minimum Gasteiger partial charge on any atom is -0.496 e. The number of methoxy groups -OCH3 is 1. The maximum atomic E-state index is 11.8. The molecule has 88 valence electrons. The standard InChI is InChI=1S/C12H17NO3/c1-7-5-11(16-3)8(2)4-9(7)12(15)10(14)6-13/h4-5,10,14H,6,13H2,1-3H3. The molecule has 4 heteroatoms. The zero-order chi connectivity index (χ0) is 12.3. The van der Waals surface area contributed by atoms with E-state index in [-0.39, 0.29) is 12.3 Å². The molecular formula is C12H17NO3. The Bertz CT molecular complexity index is 401. The highest BCUT2D eigenvalue weighted by molar-refractivity contribution is 6.01. The van der Waals surface area contributed by atoms with E-state index in [1.165, 1.54) is 0 Å². The van der Waals surface area contributed by atoms with E-state index in [4.69, 9.17) is 10.5 Å². The number of aliphatic hydroxyl groups is 1. The second-order valence-corrected chi connectivity index (χ2v) is 3.75. The Morgan fingerprint density at radius 3 is 2.56 bits per heavy atom. The summed E-state index contributed by atoms with van der Waals surface area (Å²) in [7, 11) is 1.58. The minimum absolute atomic E-state index is 0.0661. The van der Waals surface area contributed by atoms with Gasteiger partial charge in [-0.25, -0.2) is 0 Å². The summed E-state index contributed by atoms with van der Waals surface area (Å²) in [5.74, 6) is 0.391. The molecule has 0 spiro atoms. The summed E-state index contributed by atoms with van der Waals surface area (Å²) in [6.45, 7) is 3.59. The number of hydrogen-bond acceptors (Lipinski definition) is 4. The second-order valence-electron chi connectivity index (χ2n) is 3.75. The lowest BCUT2D eigenvalue weighted by atomic mass is 9.98. The van der Waals surface area contributed by atoms with Gasteiger partial charge in [0.25, 0.3) is 0 Å². The molecule has 1 aromatic rings. The lowest BCUT2D eigenvalue weighted by Crippen LogP contribution is -2.29. The van der Waals surface area contributed by atoms with E-state index in [9.17, 15) is 9.90 Å². The first-order chi connectivity index (χ1) is 7.51. The molecule has 0 radical (unpaired) electrons. The average Bonchev–Trinajstić information content (AvgIpc) is 2.29. The fourth-order valence-corrected chi connectivity index (χ4v) is 1.56. The molecule has 0 aromatic heterocycles. The number of carbonyl (C=O) groups is 1. The van der Waals surface area contributed by atoms with Crippen LogP contribution in [0.4, 0.5) is 0 Å². The number of ether oxygens (including phenoxy) is 1. The number of ketones is 1. The van der Waals surface area contributed by atoms with Gasteiger partial charge >= 0.3 is 0 Å². The molecule has 0 saturated carbocycles. The van der Waals surface area contributed by atoms with Gasteiger partial charge in [0.2, 0.25) is 0 Å². The fourth-order valence-electron chi connectivity index (χ4n) is 1.56. The molecule has 1 unspecified atom stereocenters. The van der Waals surface area contributed by atoms with Crippen molar-refractivity contribution in [3.63, 3.8) is 0 Å². The Balaban J connectivity index is 3.16. The van der Waals surface area contributed by atoms with Crippen molar-refractivity contribution in [1.29, 1.82) is 0 Å². The summed E-state index contributed by atoms with van der Waals surface area (Å²) in [6, 6.07) is 3.50. The molecule has 0 heterocycles. The molecule has 1 aromatic carbocycles. The molecule has 3 N–H and O–H groups in total. The molecule has 1 rings (SSSR count). The van der Waals surface area contributed by atoms with Crippen LogP contribution in [0.5, 0.6) is 5.75 Å². The molecule has 0 aliphatic carbocycles. The predicted molar refractivity (Wildman–Crippen MR) is 61.9 cm³/mol. The normalized spacial score (nSPS) is 12.3. The quantitative estimate of drug-likeness (QED) is 0.741. The van der Waals surface area contributed by atoms with Crippen LogP contribution in [0.15, 0.2) is 12.1 Å². The number of Topliss-reactive ketones (excluding diaryl/α,β-unsaturated/α-hetero) is 1. The molecule has 0 bridgehead atoms. The maximum Gasteiger partial charge on any atom is 0.192 e. The van der Waals surface area contributed by atoms with Crippen LogP contribution in [-0.2, 0) is 0 Å². The summed E-state index contributed by atoms with van der Waals surface area (Å²) >= 11 is 0. The van der Waals surface area contributed by atoms with Crippen molar-refractivity contribution in [2.75, 3.05) is 13.7 Å². The number of hydrogen-bond donors (Lipinski definition) is 2. The maximum absolute atomic E-state index is 11.8. The Hall–Kier alpha value is -1.39. The van der Waals surface area contributed by atoms with Crippen molar-refractivity contribution in [3.8, 4) is 5.75 Å². The largest absolute Gasteiger partial charge is 0.496 e. The third kappa shape index (κ3) is 2.40. The van der Waals surface area contributed by atoms with Crippen molar-refractivity contribution in [2.24, 2.45) is 5.73 Å². The molecule has 0 fully saturated rings. The Morgan fingerprint density at radius 2 is 2.06 bits per heavy atom. The van der Waals surface area contributed by atoms with Gasteiger partial charge in [0.15, 0.2) is 5.78 Å². The van der Waals surface area contributed by atoms with E-state index in [0.717, 1.165) is 16.9 Å². The zero-order valence-electron chi connectivity index (χ0n) is 9.78. The van der Waals surface area contributed by atoms with Crippen molar-refractivity contribution in [1.82, 2.24) is 0 Å². The van der Waals surface area contributed by atoms with E-state index < -0.39 is 6.10 Å². The van der Waals surface area contributed by atoms with Crippen molar-refractivity contribution in [2.45, 2.75) is 20.0 Å². The smallest absolute Gasteiger partial charge is 0.192 e. The molecule has 16 heavy (non-hydrogen) atoms. The molecule has 1 atom stereocenters. The number of aryl methyl sites for hydroxylation is 2. The van der Waals surface area contributed by atoms with Gasteiger partial charge in [-0.2, -0.15) is 0 Å². The lowest BCUT2D eigenvalue weighted by Gasteiger charge is -2.12. The van der Waals surface area contributed by atoms with Crippen LogP contribution < -0.4 is 10.5 Å². The highest BCUT2D eigenvalue weighted by Gasteiger charge is 2.18. The van der Waals surface area contributed by atoms with Gasteiger partial charge in [-0.15, -0.1) is 0 Å². The molecule has 0 saturated heterocycles. The van der Waals surface area contributed by atoms with Crippen LogP contribution in [0.25, 0.3) is 0 Å². The summed E-state index contributed by atoms with van der Waals surface area (Å²) < 4.78 is 5.15. The van der Waals surface area contributed by atoms with E-state index in [1.54, 1.807) is 26.2 Å². The van der Waals surface area contributed by atoms with Gasteiger partial charge < -0.3 is 15.6 Å². The van der Waals surface area contributed by atoms with E-state index >= 15 is 0 Å².